The third-order valence-corrected chi connectivity index (χ3v) is 7.39. The van der Waals surface area contributed by atoms with Gasteiger partial charge in [0.1, 0.15) is 0 Å². The number of rotatable bonds is 15. The first-order valence-corrected chi connectivity index (χ1v) is 15.2. The van der Waals surface area contributed by atoms with Crippen molar-refractivity contribution in [1.82, 2.24) is 0 Å². The topological polar surface area (TPSA) is 24.7 Å². The molecule has 0 aromatic heterocycles. The lowest BCUT2D eigenvalue weighted by Gasteiger charge is -2.13. The van der Waals surface area contributed by atoms with Crippen molar-refractivity contribution in [2.24, 2.45) is 9.98 Å². The molecule has 0 aliphatic rings. The van der Waals surface area contributed by atoms with Gasteiger partial charge in [0.2, 0.25) is 0 Å². The van der Waals surface area contributed by atoms with Crippen LogP contribution in [-0.2, 0) is 12.8 Å². The van der Waals surface area contributed by atoms with Crippen LogP contribution in [0.5, 0.6) is 0 Å². The molecule has 4 aromatic rings. The lowest BCUT2D eigenvalue weighted by molar-refractivity contribution is 0.664. The fourth-order valence-electron chi connectivity index (χ4n) is 4.97. The third-order valence-electron chi connectivity index (χ3n) is 7.39. The van der Waals surface area contributed by atoms with Gasteiger partial charge in [-0.2, -0.15) is 0 Å². The monoisotopic (exact) mass is 528 g/mol. The van der Waals surface area contributed by atoms with Gasteiger partial charge in [0.15, 0.2) is 0 Å². The number of hydrogen-bond acceptors (Lipinski definition) is 2. The van der Waals surface area contributed by atoms with Crippen LogP contribution in [0.4, 0.5) is 11.4 Å². The van der Waals surface area contributed by atoms with E-state index in [4.69, 9.17) is 4.99 Å². The van der Waals surface area contributed by atoms with Crippen molar-refractivity contribution in [2.75, 3.05) is 0 Å². The van der Waals surface area contributed by atoms with Gasteiger partial charge < -0.3 is 0 Å². The van der Waals surface area contributed by atoms with Crippen LogP contribution in [-0.4, -0.2) is 12.4 Å². The highest BCUT2D eigenvalue weighted by molar-refractivity contribution is 5.86. The predicted molar refractivity (Wildman–Crippen MR) is 175 cm³/mol. The van der Waals surface area contributed by atoms with Crippen LogP contribution in [0.25, 0.3) is 11.1 Å². The molecular weight excluding hydrogens is 484 g/mol. The van der Waals surface area contributed by atoms with Crippen molar-refractivity contribution in [1.29, 1.82) is 0 Å². The van der Waals surface area contributed by atoms with Gasteiger partial charge in [0.25, 0.3) is 0 Å². The second-order valence-corrected chi connectivity index (χ2v) is 10.7. The Balaban J connectivity index is 1.43. The fraction of sp³-hybridized carbons (Fsp3) is 0.316. The maximum absolute atomic E-state index is 4.74. The van der Waals surface area contributed by atoms with Gasteiger partial charge in [-0.3, -0.25) is 9.98 Å². The number of benzene rings is 4. The van der Waals surface area contributed by atoms with Gasteiger partial charge >= 0.3 is 0 Å². The van der Waals surface area contributed by atoms with Crippen LogP contribution in [0.1, 0.15) is 87.5 Å². The smallest absolute Gasteiger partial charge is 0.0630 e. The lowest BCUT2D eigenvalue weighted by Crippen LogP contribution is -1.95. The van der Waals surface area contributed by atoms with Crippen LogP contribution >= 0.6 is 0 Å². The Morgan fingerprint density at radius 1 is 0.525 bits per heavy atom. The Labute approximate surface area is 242 Å². The summed E-state index contributed by atoms with van der Waals surface area (Å²) in [5.41, 5.74) is 9.70. The average molecular weight is 529 g/mol. The van der Waals surface area contributed by atoms with E-state index in [2.05, 4.69) is 85.6 Å². The molecule has 0 saturated heterocycles. The van der Waals surface area contributed by atoms with Crippen molar-refractivity contribution in [3.8, 4) is 11.1 Å². The zero-order valence-corrected chi connectivity index (χ0v) is 24.4. The molecule has 4 aromatic carbocycles. The quantitative estimate of drug-likeness (QED) is 0.108. The molecule has 0 heterocycles. The van der Waals surface area contributed by atoms with E-state index in [0.29, 0.717) is 0 Å². The number of aliphatic imine (C=N–C) groups is 2. The van der Waals surface area contributed by atoms with E-state index in [1.165, 1.54) is 80.0 Å². The summed E-state index contributed by atoms with van der Waals surface area (Å²) < 4.78 is 0. The molecule has 2 nitrogen and oxygen atoms in total. The molecule has 0 saturated carbocycles. The SMILES string of the molecule is CCCCCCc1ccc(CCCCCC)c(-c2ccc(N=Cc3ccc(C=Nc4ccccc4)cc3)cc2)c1. The summed E-state index contributed by atoms with van der Waals surface area (Å²) in [7, 11) is 0. The van der Waals surface area contributed by atoms with Crippen molar-refractivity contribution >= 4 is 23.8 Å². The molecule has 0 amide bonds. The molecule has 0 atom stereocenters. The van der Waals surface area contributed by atoms with Crippen LogP contribution in [0.15, 0.2) is 107 Å². The molecule has 40 heavy (non-hydrogen) atoms. The molecule has 0 bridgehead atoms. The minimum atomic E-state index is 0.957. The van der Waals surface area contributed by atoms with Gasteiger partial charge in [-0.1, -0.05) is 125 Å². The maximum Gasteiger partial charge on any atom is 0.0630 e. The first kappa shape index (κ1) is 29.2. The molecule has 4 rings (SSSR count). The molecular formula is C38H44N2. The van der Waals surface area contributed by atoms with Crippen molar-refractivity contribution in [3.05, 3.63) is 119 Å². The molecule has 0 spiro atoms. The molecule has 0 aliphatic carbocycles. The van der Waals surface area contributed by atoms with Crippen molar-refractivity contribution < 1.29 is 0 Å². The normalized spacial score (nSPS) is 11.6. The van der Waals surface area contributed by atoms with Gasteiger partial charge in [-0.05, 0) is 83.3 Å². The Morgan fingerprint density at radius 2 is 1.10 bits per heavy atom. The molecule has 0 unspecified atom stereocenters. The summed E-state index contributed by atoms with van der Waals surface area (Å²) in [6, 6.07) is 34.3. The van der Waals surface area contributed by atoms with E-state index in [1.807, 2.05) is 42.8 Å². The lowest BCUT2D eigenvalue weighted by atomic mass is 9.92. The van der Waals surface area contributed by atoms with Gasteiger partial charge in [-0.25, -0.2) is 0 Å². The zero-order chi connectivity index (χ0) is 27.8. The number of para-hydroxylation sites is 1. The number of nitrogens with zero attached hydrogens (tertiary/aromatic N) is 2. The molecule has 0 N–H and O–H groups in total. The van der Waals surface area contributed by atoms with E-state index in [1.54, 1.807) is 0 Å². The average Bonchev–Trinajstić information content (AvgIpc) is 3.01. The van der Waals surface area contributed by atoms with E-state index < -0.39 is 0 Å². The summed E-state index contributed by atoms with van der Waals surface area (Å²) in [4.78, 5) is 9.28. The van der Waals surface area contributed by atoms with Gasteiger partial charge in [0.05, 0.1) is 11.4 Å². The third kappa shape index (κ3) is 9.45. The predicted octanol–water partition coefficient (Wildman–Crippen LogP) is 11.1. The number of hydrogen-bond donors (Lipinski definition) is 0. The highest BCUT2D eigenvalue weighted by atomic mass is 14.7. The highest BCUT2D eigenvalue weighted by Crippen LogP contribution is 2.29. The summed E-state index contributed by atoms with van der Waals surface area (Å²) in [6.45, 7) is 4.55. The van der Waals surface area contributed by atoms with Crippen LogP contribution in [0, 0.1) is 0 Å². The van der Waals surface area contributed by atoms with E-state index in [-0.39, 0.29) is 0 Å². The standard InChI is InChI=1S/C38H44N2/c1-3-5-7-10-14-31-22-23-34(15-11-8-6-4-2)38(28-31)35-24-26-37(27-25-35)40-30-33-20-18-32(19-21-33)29-39-36-16-12-9-13-17-36/h9,12-13,16-30H,3-8,10-11,14-15H2,1-2H3. The van der Waals surface area contributed by atoms with Crippen LogP contribution in [0.2, 0.25) is 0 Å². The molecule has 2 heteroatoms. The molecule has 206 valence electrons. The largest absolute Gasteiger partial charge is 0.256 e. The first-order valence-electron chi connectivity index (χ1n) is 15.2. The van der Waals surface area contributed by atoms with Gasteiger partial charge in [0, 0.05) is 12.4 Å². The fourth-order valence-corrected chi connectivity index (χ4v) is 4.97. The first-order chi connectivity index (χ1) is 19.7. The second kappa shape index (κ2) is 16.4. The van der Waals surface area contributed by atoms with Crippen LogP contribution in [0.3, 0.4) is 0 Å². The minimum Gasteiger partial charge on any atom is -0.256 e. The van der Waals surface area contributed by atoms with E-state index in [9.17, 15) is 0 Å². The molecule has 0 aliphatic heterocycles. The maximum atomic E-state index is 4.74. The summed E-state index contributed by atoms with van der Waals surface area (Å²) in [5.74, 6) is 0. The Morgan fingerprint density at radius 3 is 1.70 bits per heavy atom. The summed E-state index contributed by atoms with van der Waals surface area (Å²) in [5, 5.41) is 0. The zero-order valence-electron chi connectivity index (χ0n) is 24.4. The Kier molecular flexibility index (Phi) is 11.9. The number of unbranched alkanes of at least 4 members (excludes halogenated alkanes) is 6. The molecule has 0 radical (unpaired) electrons. The van der Waals surface area contributed by atoms with Gasteiger partial charge in [-0.15, -0.1) is 0 Å². The Hall–Kier alpha value is -3.78. The highest BCUT2D eigenvalue weighted by Gasteiger charge is 2.08. The van der Waals surface area contributed by atoms with E-state index >= 15 is 0 Å². The van der Waals surface area contributed by atoms with Crippen molar-refractivity contribution in [2.45, 2.75) is 78.1 Å². The summed E-state index contributed by atoms with van der Waals surface area (Å²) >= 11 is 0. The van der Waals surface area contributed by atoms with Crippen LogP contribution < -0.4 is 0 Å². The minimum absolute atomic E-state index is 0.957. The molecule has 0 fully saturated rings. The number of aryl methyl sites for hydroxylation is 2. The second-order valence-electron chi connectivity index (χ2n) is 10.7. The summed E-state index contributed by atoms with van der Waals surface area (Å²) in [6.07, 6.45) is 16.5. The van der Waals surface area contributed by atoms with Crippen molar-refractivity contribution in [3.63, 3.8) is 0 Å². The Bertz CT molecular complexity index is 1330. The van der Waals surface area contributed by atoms with E-state index in [0.717, 1.165) is 28.9 Å².